The Morgan fingerprint density at radius 1 is 0.750 bits per heavy atom. The lowest BCUT2D eigenvalue weighted by atomic mass is 9.77. The molecule has 5 aromatic carbocycles. The number of aromatic hydroxyl groups is 3. The van der Waals surface area contributed by atoms with E-state index in [0.717, 1.165) is 55.3 Å². The fraction of sp³-hybridized carbons (Fsp3) is 0.481. The number of phenols is 3. The number of ether oxygens (including phenoxy) is 7. The molecule has 112 heavy (non-hydrogen) atoms. The van der Waals surface area contributed by atoms with E-state index in [1.807, 2.05) is 19.9 Å². The summed E-state index contributed by atoms with van der Waals surface area (Å²) in [6.45, 7) is 6.88. The standard InChI is InChI=1S/C79H91Cl2N5O26/c1-35(2)22-49(82-6)73(101)84-64-54(94)32-78(4,20-21-87)76(104)85-62-40-26-57(108-55-18-15-38(24-47(55)80)65(95)46-31-51(91)43(30-53(62)93)37-14-17-50(90)44(23-37)61-45(28-41(89)29-52(61)92)63(74(102)103)83-72(46)100)69(58(27-40)109-56-19-16-39(66(64)96)25-48(56)81)112-75-70(68(98)67(97)59(34-88)110-75)111-60-33-79(5,71(99)36(3)106-60)86-77(105)107-42-12-10-8-7-9-11-13-42/h7-8,14-19,21,23-29,35-36,42-43,46,49,59-60,62-68,70-71,75,82,88-90,92,95-99H,9-13,20,22,30-34H2,1-6H3,(H,83,100)(H,84,101)(H,85,104)(H,86,105)(H,102,103)/b8-7+/t36?,42?,43?,46?,49?,59?,60?,62?,63?,64?,65-,66+,67?,68?,70?,71?,75?,78?,79?/m1/s1. The van der Waals surface area contributed by atoms with E-state index in [9.17, 15) is 70.2 Å². The zero-order valence-corrected chi connectivity index (χ0v) is 63.4. The van der Waals surface area contributed by atoms with Crippen molar-refractivity contribution in [2.75, 3.05) is 13.7 Å². The highest BCUT2D eigenvalue weighted by atomic mass is 35.5. The number of benzene rings is 5. The number of aliphatic hydroxyl groups is 6. The van der Waals surface area contributed by atoms with E-state index in [0.29, 0.717) is 25.5 Å². The Bertz CT molecular complexity index is 4470. The molecule has 17 unspecified atom stereocenters. The minimum absolute atomic E-state index is 0.0772. The molecule has 15 N–H and O–H groups in total. The van der Waals surface area contributed by atoms with Gasteiger partial charge in [-0.15, -0.1) is 0 Å². The van der Waals surface area contributed by atoms with Crippen LogP contribution in [-0.2, 0) is 57.3 Å². The molecule has 11 bridgehead atoms. The summed E-state index contributed by atoms with van der Waals surface area (Å²) in [6, 6.07) is 7.27. The number of aldehydes is 1. The van der Waals surface area contributed by atoms with Crippen LogP contribution in [0, 0.1) is 17.3 Å². The van der Waals surface area contributed by atoms with Gasteiger partial charge in [0, 0.05) is 60.8 Å². The zero-order chi connectivity index (χ0) is 81.1. The van der Waals surface area contributed by atoms with Gasteiger partial charge in [-0.25, -0.2) is 9.59 Å². The van der Waals surface area contributed by atoms with Crippen LogP contribution in [0.1, 0.15) is 163 Å². The van der Waals surface area contributed by atoms with Gasteiger partial charge in [-0.3, -0.25) is 28.8 Å². The molecule has 0 radical (unpaired) electrons. The number of amides is 4. The Hall–Kier alpha value is -9.35. The van der Waals surface area contributed by atoms with Crippen LogP contribution >= 0.6 is 23.2 Å². The number of hydrogen-bond donors (Lipinski definition) is 15. The number of carboxylic acid groups (broad SMARTS) is 1. The number of Topliss-reactive ketones (excluding diaryl/α,β-unsaturated/α-hetero) is 3. The highest BCUT2D eigenvalue weighted by molar-refractivity contribution is 6.32. The van der Waals surface area contributed by atoms with Crippen LogP contribution in [0.2, 0.25) is 10.0 Å². The minimum Gasteiger partial charge on any atom is -0.508 e. The van der Waals surface area contributed by atoms with E-state index < -0.39 is 250 Å². The largest absolute Gasteiger partial charge is 0.508 e. The number of phenolic OH excluding ortho intramolecular Hbond substituents is 3. The predicted octanol–water partition coefficient (Wildman–Crippen LogP) is 6.93. The van der Waals surface area contributed by atoms with E-state index in [2.05, 4.69) is 32.7 Å². The van der Waals surface area contributed by atoms with Gasteiger partial charge in [0.15, 0.2) is 41.5 Å². The first kappa shape index (κ1) is 83.6. The van der Waals surface area contributed by atoms with Gasteiger partial charge in [0.05, 0.1) is 51.8 Å². The molecule has 33 heteroatoms. The van der Waals surface area contributed by atoms with Crippen molar-refractivity contribution in [1.29, 1.82) is 0 Å². The number of allylic oxidation sites excluding steroid dienone is 2. The fourth-order valence-corrected chi connectivity index (χ4v) is 15.6. The van der Waals surface area contributed by atoms with Crippen LogP contribution in [0.25, 0.3) is 11.1 Å². The Labute approximate surface area is 652 Å². The molecule has 7 aliphatic heterocycles. The molecule has 0 spiro atoms. The minimum atomic E-state index is -2.24. The van der Waals surface area contributed by atoms with Gasteiger partial charge in [0.2, 0.25) is 29.8 Å². The van der Waals surface area contributed by atoms with Crippen molar-refractivity contribution in [3.8, 4) is 57.1 Å². The Morgan fingerprint density at radius 3 is 2.04 bits per heavy atom. The summed E-state index contributed by atoms with van der Waals surface area (Å²) in [4.78, 5) is 133. The predicted molar refractivity (Wildman–Crippen MR) is 396 cm³/mol. The number of carboxylic acids is 1. The maximum atomic E-state index is 16.4. The molecule has 4 amide bonds. The maximum absolute atomic E-state index is 16.4. The van der Waals surface area contributed by atoms with E-state index in [1.165, 1.54) is 64.2 Å². The van der Waals surface area contributed by atoms with E-state index in [-0.39, 0.29) is 57.5 Å². The first-order valence-corrected chi connectivity index (χ1v) is 37.5. The number of rotatable bonds is 15. The fourth-order valence-electron chi connectivity index (χ4n) is 15.1. The van der Waals surface area contributed by atoms with E-state index in [1.54, 1.807) is 0 Å². The van der Waals surface area contributed by atoms with Crippen molar-refractivity contribution < 1.29 is 127 Å². The first-order valence-electron chi connectivity index (χ1n) is 36.8. The number of hydrogen-bond acceptors (Lipinski definition) is 26. The third-order valence-electron chi connectivity index (χ3n) is 21.4. The Kier molecular flexibility index (Phi) is 26.1. The van der Waals surface area contributed by atoms with Gasteiger partial charge in [0.1, 0.15) is 89.5 Å². The smallest absolute Gasteiger partial charge is 0.407 e. The summed E-state index contributed by atoms with van der Waals surface area (Å²) in [5, 5.41) is 129. The monoisotopic (exact) mass is 1600 g/mol. The molecule has 19 atom stereocenters. The molecule has 31 nitrogen and oxygen atoms in total. The number of carbonyl (C=O) groups is 9. The van der Waals surface area contributed by atoms with Crippen molar-refractivity contribution in [2.24, 2.45) is 17.3 Å². The van der Waals surface area contributed by atoms with Crippen LogP contribution in [0.5, 0.6) is 46.0 Å². The van der Waals surface area contributed by atoms with Crippen LogP contribution in [0.4, 0.5) is 4.79 Å². The molecule has 7 heterocycles. The molecule has 13 rings (SSSR count). The number of fused-ring (bicyclic) bond motifs is 15. The summed E-state index contributed by atoms with van der Waals surface area (Å²) in [6.07, 6.45) is -15.6. The van der Waals surface area contributed by atoms with E-state index in [4.69, 9.17) is 56.4 Å². The van der Waals surface area contributed by atoms with Crippen LogP contribution in [-0.4, -0.2) is 191 Å². The number of aliphatic carboxylic acids is 1. The summed E-state index contributed by atoms with van der Waals surface area (Å²) in [5.41, 5.74) is -6.06. The average Bonchev–Trinajstić information content (AvgIpc) is 0.766. The van der Waals surface area contributed by atoms with E-state index >= 15 is 24.0 Å². The second-order valence-electron chi connectivity index (χ2n) is 30.1. The normalized spacial score (nSPS) is 30.3. The molecular formula is C79H91Cl2N5O26. The van der Waals surface area contributed by atoms with Crippen molar-refractivity contribution in [3.05, 3.63) is 129 Å². The first-order chi connectivity index (χ1) is 53.1. The number of carbonyl (C=O) groups excluding carboxylic acids is 8. The molecule has 2 fully saturated rings. The Balaban J connectivity index is 1.12. The van der Waals surface area contributed by atoms with Gasteiger partial charge in [-0.05, 0) is 149 Å². The second-order valence-corrected chi connectivity index (χ2v) is 31.0. The molecule has 8 aliphatic rings. The molecular weight excluding hydrogens is 1510 g/mol. The molecule has 1 aliphatic carbocycles. The van der Waals surface area contributed by atoms with Crippen molar-refractivity contribution in [1.82, 2.24) is 26.6 Å². The molecule has 0 saturated carbocycles. The Morgan fingerprint density at radius 2 is 1.41 bits per heavy atom. The lowest BCUT2D eigenvalue weighted by Crippen LogP contribution is -2.66. The quantitative estimate of drug-likeness (QED) is 0.0373. The second kappa shape index (κ2) is 35.0. The maximum Gasteiger partial charge on any atom is 0.407 e. The van der Waals surface area contributed by atoms with Gasteiger partial charge in [-0.2, -0.15) is 0 Å². The average molecular weight is 1600 g/mol. The number of alkyl carbamates (subject to hydrolysis) is 1. The lowest BCUT2D eigenvalue weighted by molar-refractivity contribution is -0.334. The number of likely N-dealkylation sites (N-methyl/N-ethyl adjacent to an activating group) is 1. The van der Waals surface area contributed by atoms with Crippen LogP contribution in [0.3, 0.4) is 0 Å². The van der Waals surface area contributed by atoms with Crippen LogP contribution in [0.15, 0.2) is 91.0 Å². The SMILES string of the molecule is CNC(CC(C)C)C(=O)NC1C(=O)CC(C)(CC=O)C(=O)NC2C(=O)CC3C(=O)CC(C(=O)NC(C(=O)O)c4cc(O)cc(O)c4-c4cc3ccc4O)[C@H](O)c3ccc(c(Cl)c3)Oc3cc2cc(c3OC2OC(CO)C(O)C(O)C2OC2CC(C)(NC(=O)OC3CC/C=C/CCC3)C(O)C(C)O2)Oc2ccc(cc2Cl)[C@@H]1O. The van der Waals surface area contributed by atoms with Crippen molar-refractivity contribution >= 4 is 76.6 Å². The van der Waals surface area contributed by atoms with Crippen molar-refractivity contribution in [3.63, 3.8) is 0 Å². The lowest BCUT2D eigenvalue weighted by Gasteiger charge is -2.48. The molecule has 2 saturated heterocycles. The summed E-state index contributed by atoms with van der Waals surface area (Å²) in [7, 11) is 1.51. The number of aliphatic hydroxyl groups excluding tert-OH is 6. The highest BCUT2D eigenvalue weighted by Crippen LogP contribution is 2.51. The highest BCUT2D eigenvalue weighted by Gasteiger charge is 2.53. The third kappa shape index (κ3) is 18.2. The topological polar surface area (TPSA) is 481 Å². The van der Waals surface area contributed by atoms with Crippen LogP contribution < -0.4 is 40.8 Å². The molecule has 0 aromatic heterocycles. The summed E-state index contributed by atoms with van der Waals surface area (Å²) in [5.74, 6) is -16.8. The van der Waals surface area contributed by atoms with Gasteiger partial charge >= 0.3 is 12.1 Å². The number of ketones is 3. The molecule has 5 aromatic rings. The van der Waals surface area contributed by atoms with Gasteiger partial charge in [0.25, 0.3) is 0 Å². The summed E-state index contributed by atoms with van der Waals surface area (Å²) >= 11 is 14.3. The third-order valence-corrected chi connectivity index (χ3v) is 22.0. The van der Waals surface area contributed by atoms with Gasteiger partial charge in [-0.1, -0.05) is 67.4 Å². The zero-order valence-electron chi connectivity index (χ0n) is 61.9. The van der Waals surface area contributed by atoms with Crippen molar-refractivity contribution in [2.45, 2.75) is 208 Å². The summed E-state index contributed by atoms with van der Waals surface area (Å²) < 4.78 is 45.2. The van der Waals surface area contributed by atoms with Gasteiger partial charge < -0.3 is 116 Å². The number of halogens is 2. The molecule has 602 valence electrons. The number of nitrogens with one attached hydrogen (secondary N) is 5.